The van der Waals surface area contributed by atoms with E-state index in [1.54, 1.807) is 11.3 Å². The zero-order valence-corrected chi connectivity index (χ0v) is 16.3. The maximum atomic E-state index is 12.2. The molecule has 0 fully saturated rings. The molecule has 0 spiro atoms. The van der Waals surface area contributed by atoms with Crippen LogP contribution in [-0.2, 0) is 19.5 Å². The van der Waals surface area contributed by atoms with Crippen molar-refractivity contribution >= 4 is 40.3 Å². The van der Waals surface area contributed by atoms with Crippen LogP contribution in [0.15, 0.2) is 60.7 Å². The number of amides is 2. The molecule has 4 rings (SSSR count). The van der Waals surface area contributed by atoms with Crippen LogP contribution in [0, 0.1) is 0 Å². The number of urea groups is 1. The largest absolute Gasteiger partial charge is 0.366 e. The van der Waals surface area contributed by atoms with Crippen molar-refractivity contribution in [1.29, 1.82) is 0 Å². The van der Waals surface area contributed by atoms with Gasteiger partial charge in [-0.3, -0.25) is 0 Å². The van der Waals surface area contributed by atoms with E-state index >= 15 is 0 Å². The van der Waals surface area contributed by atoms with Crippen LogP contribution in [0.5, 0.6) is 0 Å². The second-order valence-corrected chi connectivity index (χ2v) is 8.31. The van der Waals surface area contributed by atoms with E-state index in [2.05, 4.69) is 33.7 Å². The summed E-state index contributed by atoms with van der Waals surface area (Å²) in [6, 6.07) is 19.8. The Morgan fingerprint density at radius 3 is 2.74 bits per heavy atom. The minimum atomic E-state index is -0.193. The third-order valence-corrected chi connectivity index (χ3v) is 5.82. The van der Waals surface area contributed by atoms with E-state index in [-0.39, 0.29) is 6.03 Å². The summed E-state index contributed by atoms with van der Waals surface area (Å²) in [7, 11) is 0. The van der Waals surface area contributed by atoms with E-state index in [0.717, 1.165) is 35.1 Å². The molecule has 0 saturated heterocycles. The molecule has 0 atom stereocenters. The van der Waals surface area contributed by atoms with E-state index in [9.17, 15) is 4.79 Å². The van der Waals surface area contributed by atoms with E-state index in [1.165, 1.54) is 16.1 Å². The standard InChI is InChI=1S/C21H20ClN3OS/c22-20-9-7-18(27-20)14-25-11-10-16-12-17(6-8-19(16)25)24-21(26)23-13-15-4-2-1-3-5-15/h1-9,12H,10-11,13-14H2,(H2,23,24,26). The molecule has 2 heterocycles. The summed E-state index contributed by atoms with van der Waals surface area (Å²) in [5.41, 5.74) is 4.39. The number of carbonyl (C=O) groups is 1. The average Bonchev–Trinajstić information content (AvgIpc) is 3.27. The third-order valence-electron chi connectivity index (χ3n) is 4.60. The van der Waals surface area contributed by atoms with Crippen LogP contribution in [0.4, 0.5) is 16.2 Å². The molecular formula is C21H20ClN3OS. The molecule has 2 N–H and O–H groups in total. The summed E-state index contributed by atoms with van der Waals surface area (Å²) in [4.78, 5) is 15.8. The molecule has 0 bridgehead atoms. The molecule has 27 heavy (non-hydrogen) atoms. The number of thiophene rings is 1. The zero-order valence-electron chi connectivity index (χ0n) is 14.7. The highest BCUT2D eigenvalue weighted by molar-refractivity contribution is 7.16. The van der Waals surface area contributed by atoms with Crippen LogP contribution in [0.2, 0.25) is 4.34 Å². The molecule has 138 valence electrons. The van der Waals surface area contributed by atoms with E-state index in [0.29, 0.717) is 6.54 Å². The van der Waals surface area contributed by atoms with Crippen LogP contribution in [0.3, 0.4) is 0 Å². The van der Waals surface area contributed by atoms with Gasteiger partial charge in [0.15, 0.2) is 0 Å². The van der Waals surface area contributed by atoms with Crippen molar-refractivity contribution in [3.8, 4) is 0 Å². The fourth-order valence-electron chi connectivity index (χ4n) is 3.29. The number of fused-ring (bicyclic) bond motifs is 1. The summed E-state index contributed by atoms with van der Waals surface area (Å²) < 4.78 is 0.825. The SMILES string of the molecule is O=C(NCc1ccccc1)Nc1ccc2c(c1)CCN2Cc1ccc(Cl)s1. The predicted molar refractivity (Wildman–Crippen MR) is 113 cm³/mol. The van der Waals surface area contributed by atoms with Crippen LogP contribution in [-0.4, -0.2) is 12.6 Å². The lowest BCUT2D eigenvalue weighted by atomic mass is 10.1. The van der Waals surface area contributed by atoms with Crippen LogP contribution >= 0.6 is 22.9 Å². The van der Waals surface area contributed by atoms with Gasteiger partial charge in [0.25, 0.3) is 0 Å². The molecule has 0 radical (unpaired) electrons. The van der Waals surface area contributed by atoms with Gasteiger partial charge in [-0.15, -0.1) is 11.3 Å². The highest BCUT2D eigenvalue weighted by Gasteiger charge is 2.20. The quantitative estimate of drug-likeness (QED) is 0.614. The van der Waals surface area contributed by atoms with Gasteiger partial charge in [0.1, 0.15) is 0 Å². The number of anilines is 2. The van der Waals surface area contributed by atoms with E-state index < -0.39 is 0 Å². The minimum Gasteiger partial charge on any atom is -0.366 e. The predicted octanol–water partition coefficient (Wildman–Crippen LogP) is 5.29. The fourth-order valence-corrected chi connectivity index (χ4v) is 4.39. The Balaban J connectivity index is 1.36. The van der Waals surface area contributed by atoms with Crippen LogP contribution in [0.1, 0.15) is 16.0 Å². The Labute approximate surface area is 167 Å². The Morgan fingerprint density at radius 1 is 1.11 bits per heavy atom. The van der Waals surface area contributed by atoms with Gasteiger partial charge in [-0.1, -0.05) is 41.9 Å². The monoisotopic (exact) mass is 397 g/mol. The maximum Gasteiger partial charge on any atom is 0.319 e. The summed E-state index contributed by atoms with van der Waals surface area (Å²) in [5.74, 6) is 0. The molecule has 0 saturated carbocycles. The molecule has 1 aliphatic rings. The van der Waals surface area contributed by atoms with Gasteiger partial charge in [0.05, 0.1) is 10.9 Å². The highest BCUT2D eigenvalue weighted by Crippen LogP contribution is 2.33. The molecule has 3 aromatic rings. The van der Waals surface area contributed by atoms with Crippen LogP contribution < -0.4 is 15.5 Å². The van der Waals surface area contributed by atoms with Gasteiger partial charge in [-0.25, -0.2) is 4.79 Å². The van der Waals surface area contributed by atoms with Crippen LogP contribution in [0.25, 0.3) is 0 Å². The summed E-state index contributed by atoms with van der Waals surface area (Å²) in [6.45, 7) is 2.36. The molecule has 0 unspecified atom stereocenters. The number of hydrogen-bond donors (Lipinski definition) is 2. The topological polar surface area (TPSA) is 44.4 Å². The number of benzene rings is 2. The highest BCUT2D eigenvalue weighted by atomic mass is 35.5. The minimum absolute atomic E-state index is 0.193. The molecule has 1 aliphatic heterocycles. The van der Waals surface area contributed by atoms with Gasteiger partial charge in [-0.05, 0) is 47.9 Å². The summed E-state index contributed by atoms with van der Waals surface area (Å²) in [6.07, 6.45) is 0.982. The lowest BCUT2D eigenvalue weighted by Crippen LogP contribution is -2.28. The van der Waals surface area contributed by atoms with Gasteiger partial charge in [-0.2, -0.15) is 0 Å². The summed E-state index contributed by atoms with van der Waals surface area (Å²) in [5, 5.41) is 5.81. The third kappa shape index (κ3) is 4.43. The second-order valence-electron chi connectivity index (χ2n) is 6.51. The lowest BCUT2D eigenvalue weighted by molar-refractivity contribution is 0.251. The number of halogens is 1. The maximum absolute atomic E-state index is 12.2. The van der Waals surface area contributed by atoms with Crippen molar-refractivity contribution in [3.63, 3.8) is 0 Å². The Hall–Kier alpha value is -2.50. The van der Waals surface area contributed by atoms with Crippen molar-refractivity contribution in [1.82, 2.24) is 5.32 Å². The normalized spacial score (nSPS) is 12.7. The first-order valence-electron chi connectivity index (χ1n) is 8.88. The van der Waals surface area contributed by atoms with Gasteiger partial charge < -0.3 is 15.5 Å². The molecule has 6 heteroatoms. The lowest BCUT2D eigenvalue weighted by Gasteiger charge is -2.18. The number of rotatable bonds is 5. The molecule has 4 nitrogen and oxygen atoms in total. The Bertz CT molecular complexity index is 942. The first kappa shape index (κ1) is 17.9. The molecule has 0 aliphatic carbocycles. The zero-order chi connectivity index (χ0) is 18.6. The molecule has 2 aromatic carbocycles. The first-order valence-corrected chi connectivity index (χ1v) is 10.1. The fraction of sp³-hybridized carbons (Fsp3) is 0.190. The first-order chi connectivity index (χ1) is 13.2. The van der Waals surface area contributed by atoms with Gasteiger partial charge in [0.2, 0.25) is 0 Å². The van der Waals surface area contributed by atoms with Crippen molar-refractivity contribution in [2.24, 2.45) is 0 Å². The van der Waals surface area contributed by atoms with Crippen molar-refractivity contribution in [3.05, 3.63) is 81.0 Å². The second kappa shape index (κ2) is 8.03. The van der Waals surface area contributed by atoms with E-state index in [4.69, 9.17) is 11.6 Å². The Kier molecular flexibility index (Phi) is 5.32. The summed E-state index contributed by atoms with van der Waals surface area (Å²) >= 11 is 7.66. The molecular weight excluding hydrogens is 378 g/mol. The van der Waals surface area contributed by atoms with Gasteiger partial charge >= 0.3 is 6.03 Å². The number of carbonyl (C=O) groups excluding carboxylic acids is 1. The van der Waals surface area contributed by atoms with Gasteiger partial charge in [0, 0.05) is 29.3 Å². The number of nitrogens with zero attached hydrogens (tertiary/aromatic N) is 1. The number of nitrogens with one attached hydrogen (secondary N) is 2. The Morgan fingerprint density at radius 2 is 1.96 bits per heavy atom. The smallest absolute Gasteiger partial charge is 0.319 e. The average molecular weight is 398 g/mol. The van der Waals surface area contributed by atoms with E-state index in [1.807, 2.05) is 42.5 Å². The van der Waals surface area contributed by atoms with Crippen molar-refractivity contribution < 1.29 is 4.79 Å². The van der Waals surface area contributed by atoms with Crippen molar-refractivity contribution in [2.75, 3.05) is 16.8 Å². The van der Waals surface area contributed by atoms with Crippen molar-refractivity contribution in [2.45, 2.75) is 19.5 Å². The number of hydrogen-bond acceptors (Lipinski definition) is 3. The molecule has 2 amide bonds. The molecule has 1 aromatic heterocycles.